The zero-order valence-corrected chi connectivity index (χ0v) is 17.6. The number of nitriles is 1. The van der Waals surface area contributed by atoms with Gasteiger partial charge in [-0.05, 0) is 57.5 Å². The molecule has 0 atom stereocenters. The number of hydrogen-bond acceptors (Lipinski definition) is 8. The van der Waals surface area contributed by atoms with Crippen LogP contribution in [-0.2, 0) is 6.42 Å². The Bertz CT molecular complexity index is 1060. The fourth-order valence-corrected chi connectivity index (χ4v) is 2.79. The Kier molecular flexibility index (Phi) is 6.54. The summed E-state index contributed by atoms with van der Waals surface area (Å²) in [5.74, 6) is 2.70. The predicted molar refractivity (Wildman–Crippen MR) is 115 cm³/mol. The molecule has 0 spiro atoms. The zero-order chi connectivity index (χ0) is 21.7. The van der Waals surface area contributed by atoms with Crippen LogP contribution in [0.1, 0.15) is 30.8 Å². The third-order valence-corrected chi connectivity index (χ3v) is 4.64. The van der Waals surface area contributed by atoms with Gasteiger partial charge in [0.05, 0.1) is 17.2 Å². The largest absolute Gasteiger partial charge is 0.438 e. The second kappa shape index (κ2) is 9.29. The van der Waals surface area contributed by atoms with Gasteiger partial charge in [0, 0.05) is 31.5 Å². The Morgan fingerprint density at radius 1 is 1.17 bits per heavy atom. The molecule has 8 heteroatoms. The number of nitrogens with zero attached hydrogens (tertiary/aromatic N) is 6. The van der Waals surface area contributed by atoms with Gasteiger partial charge in [-0.25, -0.2) is 15.0 Å². The Labute approximate surface area is 176 Å². The van der Waals surface area contributed by atoms with Gasteiger partial charge in [-0.1, -0.05) is 0 Å². The molecule has 0 fully saturated rings. The van der Waals surface area contributed by atoms with Crippen molar-refractivity contribution in [3.05, 3.63) is 53.6 Å². The number of rotatable bonds is 7. The van der Waals surface area contributed by atoms with Crippen LogP contribution in [0.25, 0.3) is 11.4 Å². The molecule has 2 N–H and O–H groups in total. The van der Waals surface area contributed by atoms with Gasteiger partial charge in [0.1, 0.15) is 17.4 Å². The first-order valence-electron chi connectivity index (χ1n) is 9.73. The first kappa shape index (κ1) is 21.1. The van der Waals surface area contributed by atoms with Gasteiger partial charge in [0.2, 0.25) is 5.88 Å². The van der Waals surface area contributed by atoms with Gasteiger partial charge in [0.25, 0.3) is 0 Å². The molecule has 0 saturated carbocycles. The molecule has 30 heavy (non-hydrogen) atoms. The maximum Gasteiger partial charge on any atom is 0.224 e. The quantitative estimate of drug-likeness (QED) is 0.639. The van der Waals surface area contributed by atoms with Crippen molar-refractivity contribution in [2.45, 2.75) is 33.2 Å². The van der Waals surface area contributed by atoms with Crippen molar-refractivity contribution in [1.82, 2.24) is 19.9 Å². The summed E-state index contributed by atoms with van der Waals surface area (Å²) in [6, 6.07) is 9.34. The highest BCUT2D eigenvalue weighted by molar-refractivity contribution is 5.66. The molecule has 2 aromatic heterocycles. The average Bonchev–Trinajstić information content (AvgIpc) is 2.73. The fourth-order valence-electron chi connectivity index (χ4n) is 2.79. The van der Waals surface area contributed by atoms with Gasteiger partial charge < -0.3 is 15.4 Å². The SMILES string of the molecule is Cc1nc(Oc2cc(C#N)ccc2-c2ncc(CCN)cn2)cc(N(C)C(C)C)n1. The summed E-state index contributed by atoms with van der Waals surface area (Å²) in [5, 5.41) is 9.33. The van der Waals surface area contributed by atoms with Crippen LogP contribution in [0, 0.1) is 18.3 Å². The monoisotopic (exact) mass is 403 g/mol. The van der Waals surface area contributed by atoms with E-state index in [4.69, 9.17) is 10.5 Å². The van der Waals surface area contributed by atoms with Gasteiger partial charge in [-0.15, -0.1) is 0 Å². The highest BCUT2D eigenvalue weighted by Gasteiger charge is 2.15. The molecule has 0 radical (unpaired) electrons. The van der Waals surface area contributed by atoms with Crippen molar-refractivity contribution in [3.63, 3.8) is 0 Å². The van der Waals surface area contributed by atoms with Crippen LogP contribution < -0.4 is 15.4 Å². The molecule has 0 aliphatic heterocycles. The van der Waals surface area contributed by atoms with Gasteiger partial charge in [-0.2, -0.15) is 10.2 Å². The standard InChI is InChI=1S/C22H25N7O/c1-14(2)29(4)20-10-21(28-15(3)27-20)30-19-9-16(11-24)5-6-18(19)22-25-12-17(7-8-23)13-26-22/h5-6,9-10,12-14H,7-8,23H2,1-4H3. The molecule has 0 amide bonds. The van der Waals surface area contributed by atoms with Crippen LogP contribution in [0.2, 0.25) is 0 Å². The zero-order valence-electron chi connectivity index (χ0n) is 17.6. The van der Waals surface area contributed by atoms with Crippen LogP contribution in [0.3, 0.4) is 0 Å². The molecular weight excluding hydrogens is 378 g/mol. The minimum atomic E-state index is 0.269. The normalized spacial score (nSPS) is 10.7. The molecule has 8 nitrogen and oxygen atoms in total. The van der Waals surface area contributed by atoms with Crippen molar-refractivity contribution in [2.24, 2.45) is 5.73 Å². The molecular formula is C22H25N7O. The lowest BCUT2D eigenvalue weighted by atomic mass is 10.1. The Morgan fingerprint density at radius 2 is 1.90 bits per heavy atom. The van der Waals surface area contributed by atoms with E-state index in [0.29, 0.717) is 47.4 Å². The molecule has 0 bridgehead atoms. The number of nitrogens with two attached hydrogens (primary N) is 1. The smallest absolute Gasteiger partial charge is 0.224 e. The van der Waals surface area contributed by atoms with E-state index in [0.717, 1.165) is 11.4 Å². The molecule has 0 aliphatic carbocycles. The second-order valence-electron chi connectivity index (χ2n) is 7.19. The Hall–Kier alpha value is -3.57. The Balaban J connectivity index is 2.00. The van der Waals surface area contributed by atoms with Crippen LogP contribution >= 0.6 is 0 Å². The summed E-state index contributed by atoms with van der Waals surface area (Å²) in [5.41, 5.74) is 7.70. The molecule has 0 unspecified atom stereocenters. The molecule has 1 aromatic carbocycles. The summed E-state index contributed by atoms with van der Waals surface area (Å²) in [7, 11) is 1.97. The highest BCUT2D eigenvalue weighted by atomic mass is 16.5. The summed E-state index contributed by atoms with van der Waals surface area (Å²) >= 11 is 0. The van der Waals surface area contributed by atoms with Crippen molar-refractivity contribution >= 4 is 5.82 Å². The fraction of sp³-hybridized carbons (Fsp3) is 0.318. The number of benzene rings is 1. The number of ether oxygens (including phenoxy) is 1. The predicted octanol–water partition coefficient (Wildman–Crippen LogP) is 3.25. The van der Waals surface area contributed by atoms with Crippen LogP contribution in [0.4, 0.5) is 5.82 Å². The lowest BCUT2D eigenvalue weighted by Gasteiger charge is -2.23. The van der Waals surface area contributed by atoms with E-state index >= 15 is 0 Å². The van der Waals surface area contributed by atoms with Crippen LogP contribution in [-0.4, -0.2) is 39.6 Å². The molecule has 3 aromatic rings. The lowest BCUT2D eigenvalue weighted by molar-refractivity contribution is 0.460. The molecule has 3 rings (SSSR count). The Morgan fingerprint density at radius 3 is 2.53 bits per heavy atom. The number of hydrogen-bond donors (Lipinski definition) is 1. The summed E-state index contributed by atoms with van der Waals surface area (Å²) in [4.78, 5) is 19.8. The van der Waals surface area contributed by atoms with E-state index in [9.17, 15) is 5.26 Å². The van der Waals surface area contributed by atoms with E-state index < -0.39 is 0 Å². The van der Waals surface area contributed by atoms with Crippen molar-refractivity contribution in [2.75, 3.05) is 18.5 Å². The van der Waals surface area contributed by atoms with Crippen molar-refractivity contribution < 1.29 is 4.74 Å². The average molecular weight is 403 g/mol. The highest BCUT2D eigenvalue weighted by Crippen LogP contribution is 2.33. The van der Waals surface area contributed by atoms with Gasteiger partial charge in [-0.3, -0.25) is 0 Å². The second-order valence-corrected chi connectivity index (χ2v) is 7.19. The van der Waals surface area contributed by atoms with E-state index in [1.807, 2.05) is 18.9 Å². The molecule has 0 aliphatic rings. The van der Waals surface area contributed by atoms with Crippen molar-refractivity contribution in [3.8, 4) is 29.1 Å². The maximum absolute atomic E-state index is 9.33. The lowest BCUT2D eigenvalue weighted by Crippen LogP contribution is -2.26. The van der Waals surface area contributed by atoms with Crippen LogP contribution in [0.15, 0.2) is 36.7 Å². The van der Waals surface area contributed by atoms with E-state index in [1.54, 1.807) is 36.7 Å². The molecule has 2 heterocycles. The maximum atomic E-state index is 9.33. The topological polar surface area (TPSA) is 114 Å². The van der Waals surface area contributed by atoms with Crippen LogP contribution in [0.5, 0.6) is 11.6 Å². The van der Waals surface area contributed by atoms with E-state index in [1.165, 1.54) is 0 Å². The summed E-state index contributed by atoms with van der Waals surface area (Å²) in [6.45, 7) is 6.51. The van der Waals surface area contributed by atoms with E-state index in [-0.39, 0.29) is 6.04 Å². The summed E-state index contributed by atoms with van der Waals surface area (Å²) in [6.07, 6.45) is 4.22. The number of anilines is 1. The number of aromatic nitrogens is 4. The summed E-state index contributed by atoms with van der Waals surface area (Å²) < 4.78 is 6.11. The molecule has 0 saturated heterocycles. The first-order chi connectivity index (χ1) is 14.4. The minimum Gasteiger partial charge on any atom is -0.438 e. The first-order valence-corrected chi connectivity index (χ1v) is 9.73. The van der Waals surface area contributed by atoms with E-state index in [2.05, 4.69) is 39.9 Å². The minimum absolute atomic E-state index is 0.269. The molecule has 154 valence electrons. The van der Waals surface area contributed by atoms with Gasteiger partial charge in [0.15, 0.2) is 5.82 Å². The third kappa shape index (κ3) is 4.88. The third-order valence-electron chi connectivity index (χ3n) is 4.64. The van der Waals surface area contributed by atoms with Gasteiger partial charge >= 0.3 is 0 Å². The van der Waals surface area contributed by atoms with Crippen molar-refractivity contribution in [1.29, 1.82) is 5.26 Å². The number of aryl methyl sites for hydroxylation is 1.